The number of nitrogens with one attached hydrogen (secondary N) is 3. The summed E-state index contributed by atoms with van der Waals surface area (Å²) in [6.45, 7) is 4.78. The van der Waals surface area contributed by atoms with E-state index in [1.54, 1.807) is 26.8 Å². The number of fused-ring (bicyclic) bond motifs is 3. The molecular formula is C39H48F3N5O9S. The van der Waals surface area contributed by atoms with Crippen molar-refractivity contribution in [2.24, 2.45) is 5.92 Å². The summed E-state index contributed by atoms with van der Waals surface area (Å²) >= 11 is 0. The molecule has 5 amide bonds. The molecule has 310 valence electrons. The number of alkyl carbamates (subject to hydrolysis) is 1. The lowest BCUT2D eigenvalue weighted by atomic mass is 10.0. The van der Waals surface area contributed by atoms with Gasteiger partial charge in [0.15, 0.2) is 0 Å². The number of hydrogen-bond donors (Lipinski definition) is 3. The van der Waals surface area contributed by atoms with Crippen LogP contribution in [-0.4, -0.2) is 84.0 Å². The zero-order chi connectivity index (χ0) is 41.3. The summed E-state index contributed by atoms with van der Waals surface area (Å²) < 4.78 is 82.1. The maximum Gasteiger partial charge on any atom is 0.410 e. The number of nitrogens with zero attached hydrogens (tertiary/aromatic N) is 2. The molecular weight excluding hydrogens is 772 g/mol. The lowest BCUT2D eigenvalue weighted by molar-refractivity contribution is -0.141. The van der Waals surface area contributed by atoms with Crippen LogP contribution in [0, 0.1) is 23.4 Å². The first-order chi connectivity index (χ1) is 26.8. The van der Waals surface area contributed by atoms with Gasteiger partial charge in [-0.1, -0.05) is 44.2 Å². The Morgan fingerprint density at radius 1 is 0.965 bits per heavy atom. The first-order valence-electron chi connectivity index (χ1n) is 19.2. The molecule has 0 aromatic heterocycles. The van der Waals surface area contributed by atoms with Crippen LogP contribution in [0.1, 0.15) is 95.2 Å². The quantitative estimate of drug-likeness (QED) is 0.373. The molecule has 6 rings (SSSR count). The molecule has 57 heavy (non-hydrogen) atoms. The third kappa shape index (κ3) is 9.99. The molecule has 2 saturated heterocycles. The van der Waals surface area contributed by atoms with Crippen LogP contribution in [-0.2, 0) is 52.7 Å². The largest absolute Gasteiger partial charge is 0.444 e. The van der Waals surface area contributed by atoms with Gasteiger partial charge in [-0.25, -0.2) is 31.2 Å². The molecule has 1 aliphatic carbocycles. The molecule has 0 spiro atoms. The van der Waals surface area contributed by atoms with Crippen LogP contribution in [0.4, 0.5) is 22.8 Å². The highest BCUT2D eigenvalue weighted by atomic mass is 32.2. The predicted molar refractivity (Wildman–Crippen MR) is 198 cm³/mol. The lowest BCUT2D eigenvalue weighted by Gasteiger charge is -2.30. The van der Waals surface area contributed by atoms with E-state index in [-0.39, 0.29) is 38.9 Å². The molecule has 3 aliphatic heterocycles. The first kappa shape index (κ1) is 41.8. The fourth-order valence-electron chi connectivity index (χ4n) is 7.88. The van der Waals surface area contributed by atoms with Gasteiger partial charge in [0.25, 0.3) is 5.91 Å². The molecule has 1 saturated carbocycles. The van der Waals surface area contributed by atoms with Crippen molar-refractivity contribution in [2.75, 3.05) is 6.54 Å². The van der Waals surface area contributed by atoms with Crippen molar-refractivity contribution in [3.8, 4) is 0 Å². The van der Waals surface area contributed by atoms with Crippen molar-refractivity contribution in [1.82, 2.24) is 25.2 Å². The molecule has 4 aliphatic rings. The van der Waals surface area contributed by atoms with E-state index in [1.807, 2.05) is 4.72 Å². The molecule has 14 nitrogen and oxygen atoms in total. The number of hydrogen-bond acceptors (Lipinski definition) is 9. The van der Waals surface area contributed by atoms with Gasteiger partial charge in [0, 0.05) is 24.1 Å². The zero-order valence-corrected chi connectivity index (χ0v) is 32.9. The minimum Gasteiger partial charge on any atom is -0.444 e. The van der Waals surface area contributed by atoms with Crippen LogP contribution in [0.2, 0.25) is 0 Å². The van der Waals surface area contributed by atoms with E-state index in [4.69, 9.17) is 9.47 Å². The second-order valence-corrected chi connectivity index (χ2v) is 18.0. The Morgan fingerprint density at radius 3 is 2.40 bits per heavy atom. The molecule has 0 bridgehead atoms. The molecule has 3 heterocycles. The highest BCUT2D eigenvalue weighted by Gasteiger charge is 2.62. The second kappa shape index (κ2) is 16.5. The summed E-state index contributed by atoms with van der Waals surface area (Å²) in [6, 6.07) is 4.37. The Bertz CT molecular complexity index is 2030. The zero-order valence-electron chi connectivity index (χ0n) is 32.1. The highest BCUT2D eigenvalue weighted by Crippen LogP contribution is 2.48. The van der Waals surface area contributed by atoms with Crippen LogP contribution in [0.25, 0.3) is 0 Å². The first-order valence-corrected chi connectivity index (χ1v) is 20.8. The molecule has 3 N–H and O–H groups in total. The van der Waals surface area contributed by atoms with E-state index >= 15 is 0 Å². The Hall–Kier alpha value is -4.87. The van der Waals surface area contributed by atoms with Crippen molar-refractivity contribution in [3.05, 3.63) is 70.5 Å². The summed E-state index contributed by atoms with van der Waals surface area (Å²) in [4.78, 5) is 71.4. The Labute approximate surface area is 329 Å². The fourth-order valence-corrected chi connectivity index (χ4v) is 9.04. The molecule has 3 fully saturated rings. The van der Waals surface area contributed by atoms with Gasteiger partial charge in [0.1, 0.15) is 46.8 Å². The minimum absolute atomic E-state index is 0.0458. The van der Waals surface area contributed by atoms with Crippen LogP contribution >= 0.6 is 0 Å². The van der Waals surface area contributed by atoms with Crippen LogP contribution < -0.4 is 15.4 Å². The Kier molecular flexibility index (Phi) is 12.1. The monoisotopic (exact) mass is 819 g/mol. The highest BCUT2D eigenvalue weighted by molar-refractivity contribution is 7.89. The topological polar surface area (TPSA) is 181 Å². The van der Waals surface area contributed by atoms with Crippen molar-refractivity contribution in [3.63, 3.8) is 0 Å². The van der Waals surface area contributed by atoms with Gasteiger partial charge in [0.05, 0.1) is 18.8 Å². The normalized spacial score (nSPS) is 25.5. The molecule has 0 radical (unpaired) electrons. The van der Waals surface area contributed by atoms with Gasteiger partial charge in [-0.3, -0.25) is 24.0 Å². The molecule has 18 heteroatoms. The molecule has 0 unspecified atom stereocenters. The Balaban J connectivity index is 1.25. The number of rotatable bonds is 6. The third-order valence-electron chi connectivity index (χ3n) is 10.8. The number of sulfonamides is 1. The van der Waals surface area contributed by atoms with Crippen LogP contribution in [0.15, 0.2) is 36.4 Å². The minimum atomic E-state index is -4.59. The number of carbonyl (C=O) groups excluding carboxylic acids is 5. The number of benzene rings is 2. The van der Waals surface area contributed by atoms with E-state index in [1.165, 1.54) is 21.9 Å². The van der Waals surface area contributed by atoms with Crippen LogP contribution in [0.5, 0.6) is 0 Å². The average Bonchev–Trinajstić information content (AvgIpc) is 3.40. The third-order valence-corrected chi connectivity index (χ3v) is 12.0. The van der Waals surface area contributed by atoms with Gasteiger partial charge >= 0.3 is 12.2 Å². The van der Waals surface area contributed by atoms with Gasteiger partial charge in [-0.2, -0.15) is 0 Å². The summed E-state index contributed by atoms with van der Waals surface area (Å²) in [7, 11) is -4.59. The average molecular weight is 820 g/mol. The van der Waals surface area contributed by atoms with Gasteiger partial charge in [0.2, 0.25) is 21.8 Å². The van der Waals surface area contributed by atoms with Gasteiger partial charge in [-0.15, -0.1) is 0 Å². The summed E-state index contributed by atoms with van der Waals surface area (Å²) in [5, 5.41) is 5.36. The number of halogens is 3. The summed E-state index contributed by atoms with van der Waals surface area (Å²) in [5.74, 6) is -6.39. The molecule has 2 aromatic carbocycles. The van der Waals surface area contributed by atoms with Crippen LogP contribution in [0.3, 0.4) is 0 Å². The van der Waals surface area contributed by atoms with Gasteiger partial charge < -0.3 is 25.0 Å². The standard InChI is InChI=1S/C39H48F3N5O9S/c1-38(2,3)56-36(51)43-31-13-8-6-4-5-7-11-25-18-39(25,35(50)45-57(53,54)22-24-16-26(40)14-15-29(24)41)44-33(48)32-17-27(20-47(32)34(31)49)55-37(52)46-19-23-10-9-12-30(42)28(23)21-46/h9-10,12,14-16,25,27,31-32H,4-8,11,13,17-22H2,1-3H3,(H,43,51)(H,44,48)(H,45,50)/t25-,27-,31+,32+,39-/m1/s1. The Morgan fingerprint density at radius 2 is 1.68 bits per heavy atom. The van der Waals surface area contributed by atoms with Crippen molar-refractivity contribution >= 4 is 39.9 Å². The van der Waals surface area contributed by atoms with E-state index in [2.05, 4.69) is 10.6 Å². The SMILES string of the molecule is CC(C)(C)OC(=O)N[C@H]1CCCCCCC[C@@H]2C[C@@]2(C(=O)NS(=O)(=O)Cc2cc(F)ccc2F)NC(=O)[C@@H]2C[C@@H](OC(=O)N3Cc4cccc(F)c4C3)CN2C1=O. The van der Waals surface area contributed by atoms with E-state index in [0.29, 0.717) is 42.9 Å². The van der Waals surface area contributed by atoms with Gasteiger partial charge in [-0.05, 0) is 75.8 Å². The maximum absolute atomic E-state index is 14.5. The van der Waals surface area contributed by atoms with Crippen molar-refractivity contribution < 1.29 is 55.0 Å². The van der Waals surface area contributed by atoms with E-state index < -0.39 is 104 Å². The predicted octanol–water partition coefficient (Wildman–Crippen LogP) is 4.68. The number of carbonyl (C=O) groups is 5. The van der Waals surface area contributed by atoms with Crippen molar-refractivity contribution in [2.45, 2.75) is 127 Å². The van der Waals surface area contributed by atoms with E-state index in [9.17, 15) is 45.6 Å². The fraction of sp³-hybridized carbons (Fsp3) is 0.564. The second-order valence-electron chi connectivity index (χ2n) is 16.3. The number of ether oxygens (including phenoxy) is 2. The molecule has 5 atom stereocenters. The van der Waals surface area contributed by atoms with E-state index in [0.717, 1.165) is 25.0 Å². The lowest BCUT2D eigenvalue weighted by Crippen LogP contribution is -2.58. The van der Waals surface area contributed by atoms with Crippen molar-refractivity contribution in [1.29, 1.82) is 0 Å². The molecule has 2 aromatic rings. The number of amides is 5. The smallest absolute Gasteiger partial charge is 0.410 e. The summed E-state index contributed by atoms with van der Waals surface area (Å²) in [5.41, 5.74) is -2.13. The summed E-state index contributed by atoms with van der Waals surface area (Å²) in [6.07, 6.45) is 1.24. The maximum atomic E-state index is 14.5.